The predicted molar refractivity (Wildman–Crippen MR) is 123 cm³/mol. The summed E-state index contributed by atoms with van der Waals surface area (Å²) in [6.07, 6.45) is 5.28. The molecule has 31 heavy (non-hydrogen) atoms. The van der Waals surface area contributed by atoms with Gasteiger partial charge in [-0.25, -0.2) is 0 Å². The van der Waals surface area contributed by atoms with Crippen LogP contribution in [0.1, 0.15) is 56.2 Å². The molecule has 0 saturated heterocycles. The molecule has 1 N–H and O–H groups in total. The van der Waals surface area contributed by atoms with Crippen LogP contribution in [-0.2, 0) is 22.6 Å². The smallest absolute Gasteiger partial charge is 0.261 e. The SMILES string of the molecule is CCc1ccc(OCC(=O)N(Cc2cccc(C)c2)[C@H](C)C(=O)NC2CCCC2)cc1. The number of aryl methyl sites for hydroxylation is 2. The molecule has 1 aliphatic rings. The van der Waals surface area contributed by atoms with Crippen LogP contribution in [0, 0.1) is 6.92 Å². The normalized spacial score (nSPS) is 14.8. The molecule has 2 aromatic carbocycles. The summed E-state index contributed by atoms with van der Waals surface area (Å²) in [4.78, 5) is 27.7. The highest BCUT2D eigenvalue weighted by Gasteiger charge is 2.28. The summed E-state index contributed by atoms with van der Waals surface area (Å²) < 4.78 is 5.75. The van der Waals surface area contributed by atoms with Gasteiger partial charge in [0, 0.05) is 12.6 Å². The maximum atomic E-state index is 13.1. The number of carbonyl (C=O) groups excluding carboxylic acids is 2. The molecule has 5 nitrogen and oxygen atoms in total. The van der Waals surface area contributed by atoms with E-state index < -0.39 is 6.04 Å². The molecule has 166 valence electrons. The van der Waals surface area contributed by atoms with E-state index in [-0.39, 0.29) is 24.5 Å². The Labute approximate surface area is 185 Å². The molecule has 5 heteroatoms. The van der Waals surface area contributed by atoms with E-state index in [2.05, 4.69) is 12.2 Å². The second kappa shape index (κ2) is 11.0. The lowest BCUT2D eigenvalue weighted by atomic mass is 10.1. The third-order valence-corrected chi connectivity index (χ3v) is 6.00. The maximum absolute atomic E-state index is 13.1. The Morgan fingerprint density at radius 1 is 1.10 bits per heavy atom. The van der Waals surface area contributed by atoms with E-state index in [0.29, 0.717) is 12.3 Å². The number of benzene rings is 2. The second-order valence-electron chi connectivity index (χ2n) is 8.46. The van der Waals surface area contributed by atoms with Crippen molar-refractivity contribution in [3.8, 4) is 5.75 Å². The summed E-state index contributed by atoms with van der Waals surface area (Å²) in [6, 6.07) is 15.5. The van der Waals surface area contributed by atoms with Crippen molar-refractivity contribution >= 4 is 11.8 Å². The number of nitrogens with zero attached hydrogens (tertiary/aromatic N) is 1. The van der Waals surface area contributed by atoms with E-state index in [0.717, 1.165) is 43.2 Å². The van der Waals surface area contributed by atoms with E-state index in [1.807, 2.05) is 55.5 Å². The Bertz CT molecular complexity index is 872. The summed E-state index contributed by atoms with van der Waals surface area (Å²) in [5, 5.41) is 3.12. The van der Waals surface area contributed by atoms with Gasteiger partial charge in [-0.3, -0.25) is 9.59 Å². The van der Waals surface area contributed by atoms with Gasteiger partial charge in [0.2, 0.25) is 5.91 Å². The number of ether oxygens (including phenoxy) is 1. The second-order valence-corrected chi connectivity index (χ2v) is 8.46. The van der Waals surface area contributed by atoms with Gasteiger partial charge in [0.1, 0.15) is 11.8 Å². The fourth-order valence-electron chi connectivity index (χ4n) is 4.03. The third kappa shape index (κ3) is 6.58. The van der Waals surface area contributed by atoms with Gasteiger partial charge >= 0.3 is 0 Å². The van der Waals surface area contributed by atoms with Gasteiger partial charge in [-0.2, -0.15) is 0 Å². The molecule has 1 aliphatic carbocycles. The molecule has 0 aliphatic heterocycles. The Morgan fingerprint density at radius 3 is 2.45 bits per heavy atom. The van der Waals surface area contributed by atoms with Crippen molar-refractivity contribution < 1.29 is 14.3 Å². The van der Waals surface area contributed by atoms with Crippen LogP contribution >= 0.6 is 0 Å². The number of rotatable bonds is 9. The quantitative estimate of drug-likeness (QED) is 0.651. The summed E-state index contributed by atoms with van der Waals surface area (Å²) in [5.74, 6) is 0.361. The lowest BCUT2D eigenvalue weighted by molar-refractivity contribution is -0.142. The Hall–Kier alpha value is -2.82. The Balaban J connectivity index is 1.69. The van der Waals surface area contributed by atoms with Crippen LogP contribution in [0.3, 0.4) is 0 Å². The fourth-order valence-corrected chi connectivity index (χ4v) is 4.03. The number of hydrogen-bond donors (Lipinski definition) is 1. The minimum Gasteiger partial charge on any atom is -0.484 e. The van der Waals surface area contributed by atoms with Crippen LogP contribution in [-0.4, -0.2) is 35.4 Å². The Kier molecular flexibility index (Phi) is 8.10. The third-order valence-electron chi connectivity index (χ3n) is 6.00. The van der Waals surface area contributed by atoms with E-state index >= 15 is 0 Å². The highest BCUT2D eigenvalue weighted by atomic mass is 16.5. The molecule has 3 rings (SSSR count). The highest BCUT2D eigenvalue weighted by Crippen LogP contribution is 2.19. The first-order valence-corrected chi connectivity index (χ1v) is 11.3. The first-order valence-electron chi connectivity index (χ1n) is 11.3. The zero-order valence-corrected chi connectivity index (χ0v) is 18.9. The van der Waals surface area contributed by atoms with Crippen molar-refractivity contribution in [1.29, 1.82) is 0 Å². The topological polar surface area (TPSA) is 58.6 Å². The average molecular weight is 423 g/mol. The molecule has 0 bridgehead atoms. The van der Waals surface area contributed by atoms with Crippen LogP contribution < -0.4 is 10.1 Å². The largest absolute Gasteiger partial charge is 0.484 e. The highest BCUT2D eigenvalue weighted by molar-refractivity contribution is 5.88. The van der Waals surface area contributed by atoms with Crippen molar-refractivity contribution in [3.05, 3.63) is 65.2 Å². The van der Waals surface area contributed by atoms with Gasteiger partial charge in [-0.1, -0.05) is 61.7 Å². The Morgan fingerprint density at radius 2 is 1.81 bits per heavy atom. The van der Waals surface area contributed by atoms with Crippen LogP contribution in [0.25, 0.3) is 0 Å². The van der Waals surface area contributed by atoms with Crippen molar-refractivity contribution in [1.82, 2.24) is 10.2 Å². The maximum Gasteiger partial charge on any atom is 0.261 e. The standard InChI is InChI=1S/C26H34N2O3/c1-4-21-12-14-24(15-13-21)31-18-25(29)28(17-22-9-7-8-19(2)16-22)20(3)26(30)27-23-10-5-6-11-23/h7-9,12-16,20,23H,4-6,10-11,17-18H2,1-3H3,(H,27,30)/t20-/m1/s1. The average Bonchev–Trinajstić information content (AvgIpc) is 3.28. The van der Waals surface area contributed by atoms with Gasteiger partial charge < -0.3 is 15.0 Å². The molecule has 0 unspecified atom stereocenters. The van der Waals surface area contributed by atoms with Crippen LogP contribution in [0.2, 0.25) is 0 Å². The molecular formula is C26H34N2O3. The van der Waals surface area contributed by atoms with Crippen LogP contribution in [0.5, 0.6) is 5.75 Å². The van der Waals surface area contributed by atoms with Gasteiger partial charge in [-0.05, 0) is 56.4 Å². The molecule has 0 aromatic heterocycles. The molecule has 1 saturated carbocycles. The molecule has 1 atom stereocenters. The van der Waals surface area contributed by atoms with E-state index in [9.17, 15) is 9.59 Å². The van der Waals surface area contributed by atoms with Gasteiger partial charge in [0.15, 0.2) is 6.61 Å². The first-order chi connectivity index (χ1) is 15.0. The van der Waals surface area contributed by atoms with Crippen LogP contribution in [0.15, 0.2) is 48.5 Å². The zero-order valence-electron chi connectivity index (χ0n) is 18.9. The van der Waals surface area contributed by atoms with Crippen molar-refractivity contribution in [2.45, 2.75) is 71.5 Å². The van der Waals surface area contributed by atoms with E-state index in [4.69, 9.17) is 4.74 Å². The number of amides is 2. The van der Waals surface area contributed by atoms with Gasteiger partial charge in [-0.15, -0.1) is 0 Å². The van der Waals surface area contributed by atoms with E-state index in [1.165, 1.54) is 5.56 Å². The molecule has 2 aromatic rings. The van der Waals surface area contributed by atoms with E-state index in [1.54, 1.807) is 11.8 Å². The molecule has 0 heterocycles. The number of hydrogen-bond acceptors (Lipinski definition) is 3. The summed E-state index contributed by atoms with van der Waals surface area (Å²) in [6.45, 7) is 6.19. The molecular weight excluding hydrogens is 388 g/mol. The minimum absolute atomic E-state index is 0.0970. The minimum atomic E-state index is -0.570. The monoisotopic (exact) mass is 422 g/mol. The van der Waals surface area contributed by atoms with Gasteiger partial charge in [0.25, 0.3) is 5.91 Å². The van der Waals surface area contributed by atoms with Crippen molar-refractivity contribution in [3.63, 3.8) is 0 Å². The van der Waals surface area contributed by atoms with Crippen molar-refractivity contribution in [2.75, 3.05) is 6.61 Å². The first kappa shape index (κ1) is 22.9. The summed E-state index contributed by atoms with van der Waals surface area (Å²) in [5.41, 5.74) is 3.35. The lowest BCUT2D eigenvalue weighted by Crippen LogP contribution is -2.50. The summed E-state index contributed by atoms with van der Waals surface area (Å²) in [7, 11) is 0. The van der Waals surface area contributed by atoms with Crippen LogP contribution in [0.4, 0.5) is 0 Å². The summed E-state index contributed by atoms with van der Waals surface area (Å²) >= 11 is 0. The number of nitrogens with one attached hydrogen (secondary N) is 1. The molecule has 1 fully saturated rings. The molecule has 0 spiro atoms. The predicted octanol–water partition coefficient (Wildman–Crippen LogP) is 4.41. The van der Waals surface area contributed by atoms with Crippen molar-refractivity contribution in [2.24, 2.45) is 0 Å². The zero-order chi connectivity index (χ0) is 22.2. The fraction of sp³-hybridized carbons (Fsp3) is 0.462. The number of carbonyl (C=O) groups is 2. The lowest BCUT2D eigenvalue weighted by Gasteiger charge is -2.29. The molecule has 2 amide bonds. The van der Waals surface area contributed by atoms with Gasteiger partial charge in [0.05, 0.1) is 0 Å². The molecule has 0 radical (unpaired) electrons.